The van der Waals surface area contributed by atoms with E-state index in [9.17, 15) is 55.3 Å². The maximum absolute atomic E-state index is 13.0. The summed E-state index contributed by atoms with van der Waals surface area (Å²) in [6.07, 6.45) is 0. The van der Waals surface area contributed by atoms with Crippen LogP contribution in [0.4, 0.5) is 22.7 Å². The minimum absolute atomic E-state index is 0.198. The molecule has 8 N–H and O–H groups in total. The van der Waals surface area contributed by atoms with Crippen LogP contribution in [0.1, 0.15) is 31.8 Å². The monoisotopic (exact) mass is 798 g/mol. The van der Waals surface area contributed by atoms with Crippen molar-refractivity contribution in [2.75, 3.05) is 21.3 Å². The molecule has 0 saturated heterocycles. The molecule has 0 spiro atoms. The van der Waals surface area contributed by atoms with Gasteiger partial charge in [0, 0.05) is 56.8 Å². The summed E-state index contributed by atoms with van der Waals surface area (Å²) in [6.45, 7) is 3.22. The lowest BCUT2D eigenvalue weighted by molar-refractivity contribution is -0.133. The highest BCUT2D eigenvalue weighted by molar-refractivity contribution is 7.86. The van der Waals surface area contributed by atoms with Crippen LogP contribution in [0.15, 0.2) is 107 Å². The van der Waals surface area contributed by atoms with Crippen LogP contribution in [0.25, 0.3) is 21.5 Å². The number of amides is 4. The van der Waals surface area contributed by atoms with Crippen LogP contribution in [0, 0.1) is 13.8 Å². The number of hydrogen-bond acceptors (Lipinski definition) is 10. The van der Waals surface area contributed by atoms with Crippen molar-refractivity contribution < 1.29 is 55.3 Å². The standard InChI is InChI=1S/C38H30N4O12S2/c1-19-11-23(35(45)39-25-7-3-21-13-27(55(49,50)51)17-33(43)29(21)15-25)5-9-31(19)41-37(47)38(48)42-32-10-6-24(12-20(32)2)36(46)40-26-8-4-22-14-28(56(52,53)54)18-34(44)30(22)16-26/h3-18,43-44H,1-2H3,(H,39,45)(H,40,46)(H,41,47)(H,42,48)(H,49,50,51)(H,52,53,54). The van der Waals surface area contributed by atoms with Gasteiger partial charge in [0.25, 0.3) is 32.1 Å². The van der Waals surface area contributed by atoms with Crippen molar-refractivity contribution >= 4 is 88.2 Å². The number of carbonyl (C=O) groups is 4. The van der Waals surface area contributed by atoms with Crippen molar-refractivity contribution in [3.63, 3.8) is 0 Å². The summed E-state index contributed by atoms with van der Waals surface area (Å²) < 4.78 is 64.5. The molecule has 18 heteroatoms. The summed E-state index contributed by atoms with van der Waals surface area (Å²) in [5, 5.41) is 32.0. The molecule has 0 radical (unpaired) electrons. The Balaban J connectivity index is 1.07. The highest BCUT2D eigenvalue weighted by Gasteiger charge is 2.19. The second-order valence-electron chi connectivity index (χ2n) is 12.6. The molecular formula is C38H30N4O12S2. The molecule has 0 aliphatic carbocycles. The SMILES string of the molecule is Cc1cc(C(=O)Nc2ccc3cc(S(=O)(=O)O)cc(O)c3c2)ccc1NC(=O)C(=O)Nc1ccc(C(=O)Nc2ccc3cc(S(=O)(=O)O)cc(O)c3c2)cc1C. The van der Waals surface area contributed by atoms with E-state index in [1.807, 2.05) is 0 Å². The summed E-state index contributed by atoms with van der Waals surface area (Å²) in [7, 11) is -9.10. The van der Waals surface area contributed by atoms with Gasteiger partial charge in [-0.05, 0) is 109 Å². The lowest BCUT2D eigenvalue weighted by atomic mass is 10.1. The number of phenols is 2. The molecule has 0 fully saturated rings. The first-order valence-electron chi connectivity index (χ1n) is 16.2. The molecule has 4 amide bonds. The van der Waals surface area contributed by atoms with Crippen LogP contribution >= 0.6 is 0 Å². The number of fused-ring (bicyclic) bond motifs is 2. The molecule has 6 aromatic carbocycles. The predicted molar refractivity (Wildman–Crippen MR) is 206 cm³/mol. The van der Waals surface area contributed by atoms with Crippen LogP contribution in [0.2, 0.25) is 0 Å². The number of phenolic OH excluding ortho intramolecular Hbond substituents is 2. The number of aryl methyl sites for hydroxylation is 2. The Morgan fingerprint density at radius 3 is 1.20 bits per heavy atom. The molecule has 0 heterocycles. The zero-order valence-electron chi connectivity index (χ0n) is 29.1. The molecular weight excluding hydrogens is 769 g/mol. The number of carbonyl (C=O) groups excluding carboxylic acids is 4. The molecule has 286 valence electrons. The van der Waals surface area contributed by atoms with Crippen molar-refractivity contribution in [1.29, 1.82) is 0 Å². The maximum Gasteiger partial charge on any atom is 0.314 e. The van der Waals surface area contributed by atoms with E-state index in [1.54, 1.807) is 13.8 Å². The number of hydrogen-bond donors (Lipinski definition) is 8. The Labute approximate surface area is 318 Å². The molecule has 0 saturated carbocycles. The number of nitrogens with one attached hydrogen (secondary N) is 4. The third kappa shape index (κ3) is 8.43. The topological polar surface area (TPSA) is 266 Å². The number of benzene rings is 6. The van der Waals surface area contributed by atoms with Crippen molar-refractivity contribution in [2.24, 2.45) is 0 Å². The predicted octanol–water partition coefficient (Wildman–Crippen LogP) is 5.60. The average molecular weight is 799 g/mol. The fraction of sp³-hybridized carbons (Fsp3) is 0.0526. The third-order valence-corrected chi connectivity index (χ3v) is 10.3. The molecule has 56 heavy (non-hydrogen) atoms. The summed E-state index contributed by atoms with van der Waals surface area (Å²) in [6, 6.07) is 21.5. The Hall–Kier alpha value is -6.86. The van der Waals surface area contributed by atoms with E-state index in [0.29, 0.717) is 21.9 Å². The van der Waals surface area contributed by atoms with Gasteiger partial charge in [0.15, 0.2) is 0 Å². The van der Waals surface area contributed by atoms with Crippen molar-refractivity contribution in [2.45, 2.75) is 23.6 Å². The zero-order chi connectivity index (χ0) is 40.7. The Kier molecular flexibility index (Phi) is 10.2. The molecule has 0 aromatic heterocycles. The van der Waals surface area contributed by atoms with Crippen LogP contribution in [0.3, 0.4) is 0 Å². The van der Waals surface area contributed by atoms with Crippen molar-refractivity contribution in [3.8, 4) is 11.5 Å². The van der Waals surface area contributed by atoms with Gasteiger partial charge in [-0.15, -0.1) is 0 Å². The van der Waals surface area contributed by atoms with Gasteiger partial charge in [0.2, 0.25) is 0 Å². The first kappa shape index (κ1) is 38.9. The van der Waals surface area contributed by atoms with E-state index in [4.69, 9.17) is 0 Å². The fourth-order valence-electron chi connectivity index (χ4n) is 5.73. The van der Waals surface area contributed by atoms with E-state index in [-0.39, 0.29) is 44.6 Å². The van der Waals surface area contributed by atoms with Crippen LogP contribution in [-0.4, -0.2) is 59.8 Å². The van der Waals surface area contributed by atoms with Gasteiger partial charge >= 0.3 is 11.8 Å². The minimum atomic E-state index is -4.55. The van der Waals surface area contributed by atoms with E-state index in [2.05, 4.69) is 21.3 Å². The highest BCUT2D eigenvalue weighted by Crippen LogP contribution is 2.33. The second-order valence-corrected chi connectivity index (χ2v) is 15.4. The summed E-state index contributed by atoms with van der Waals surface area (Å²) in [5.41, 5.74) is 2.34. The summed E-state index contributed by atoms with van der Waals surface area (Å²) >= 11 is 0. The highest BCUT2D eigenvalue weighted by atomic mass is 32.2. The van der Waals surface area contributed by atoms with Gasteiger partial charge in [0.1, 0.15) is 11.5 Å². The summed E-state index contributed by atoms with van der Waals surface area (Å²) in [5.74, 6) is -3.96. The first-order chi connectivity index (χ1) is 26.3. The molecule has 0 unspecified atom stereocenters. The van der Waals surface area contributed by atoms with Gasteiger partial charge in [0.05, 0.1) is 9.79 Å². The molecule has 6 aromatic rings. The molecule has 6 rings (SSSR count). The lowest BCUT2D eigenvalue weighted by Crippen LogP contribution is -2.29. The van der Waals surface area contributed by atoms with Gasteiger partial charge < -0.3 is 31.5 Å². The van der Waals surface area contributed by atoms with Gasteiger partial charge in [-0.1, -0.05) is 12.1 Å². The maximum atomic E-state index is 13.0. The molecule has 0 atom stereocenters. The quantitative estimate of drug-likeness (QED) is 0.0691. The van der Waals surface area contributed by atoms with Gasteiger partial charge in [-0.3, -0.25) is 28.3 Å². The lowest BCUT2D eigenvalue weighted by Gasteiger charge is -2.13. The minimum Gasteiger partial charge on any atom is -0.507 e. The summed E-state index contributed by atoms with van der Waals surface area (Å²) in [4.78, 5) is 50.7. The third-order valence-electron chi connectivity index (χ3n) is 8.60. The first-order valence-corrected chi connectivity index (χ1v) is 19.1. The molecule has 0 aliphatic heterocycles. The molecule has 16 nitrogen and oxygen atoms in total. The zero-order valence-corrected chi connectivity index (χ0v) is 30.7. The number of anilines is 4. The average Bonchev–Trinajstić information content (AvgIpc) is 3.12. The van der Waals surface area contributed by atoms with E-state index in [0.717, 1.165) is 12.1 Å². The van der Waals surface area contributed by atoms with Gasteiger partial charge in [-0.2, -0.15) is 16.8 Å². The van der Waals surface area contributed by atoms with E-state index >= 15 is 0 Å². The van der Waals surface area contributed by atoms with E-state index < -0.39 is 65.2 Å². The van der Waals surface area contributed by atoms with Crippen molar-refractivity contribution in [3.05, 3.63) is 119 Å². The smallest absolute Gasteiger partial charge is 0.314 e. The number of aromatic hydroxyl groups is 2. The van der Waals surface area contributed by atoms with Crippen LogP contribution in [0.5, 0.6) is 11.5 Å². The van der Waals surface area contributed by atoms with Gasteiger partial charge in [-0.25, -0.2) is 0 Å². The largest absolute Gasteiger partial charge is 0.507 e. The molecule has 0 bridgehead atoms. The molecule has 0 aliphatic rings. The number of rotatable bonds is 8. The van der Waals surface area contributed by atoms with E-state index in [1.165, 1.54) is 84.9 Å². The Bertz CT molecular complexity index is 2700. The normalized spacial score (nSPS) is 11.6. The van der Waals surface area contributed by atoms with Crippen LogP contribution < -0.4 is 21.3 Å². The Morgan fingerprint density at radius 1 is 0.482 bits per heavy atom. The Morgan fingerprint density at radius 2 is 0.857 bits per heavy atom. The fourth-order valence-corrected chi connectivity index (χ4v) is 6.80. The van der Waals surface area contributed by atoms with Crippen molar-refractivity contribution in [1.82, 2.24) is 0 Å². The second kappa shape index (κ2) is 14.8. The van der Waals surface area contributed by atoms with Crippen LogP contribution in [-0.2, 0) is 29.8 Å².